The maximum Gasteiger partial charge on any atom is 0.331 e. The molecule has 1 amide bonds. The predicted octanol–water partition coefficient (Wildman–Crippen LogP) is 1.12. The van der Waals surface area contributed by atoms with Crippen molar-refractivity contribution in [2.45, 2.75) is 26.6 Å². The molecule has 1 saturated heterocycles. The fraction of sp³-hybridized carbons (Fsp3) is 0.400. The van der Waals surface area contributed by atoms with Crippen LogP contribution >= 0.6 is 0 Å². The number of carbonyl (C=O) groups excluding carboxylic acids is 1. The first-order chi connectivity index (χ1) is 16.1. The largest absolute Gasteiger partial charge is 0.353 e. The third-order valence-electron chi connectivity index (χ3n) is 6.21. The smallest absolute Gasteiger partial charge is 0.331 e. The molecule has 1 aromatic heterocycles. The van der Waals surface area contributed by atoms with Crippen LogP contribution in [0.15, 0.2) is 64.2 Å². The minimum Gasteiger partial charge on any atom is -0.353 e. The predicted molar refractivity (Wildman–Crippen MR) is 129 cm³/mol. The van der Waals surface area contributed by atoms with Crippen LogP contribution in [0.4, 0.5) is 0 Å². The lowest BCUT2D eigenvalue weighted by Crippen LogP contribution is -2.48. The minimum atomic E-state index is -0.453. The highest BCUT2D eigenvalue weighted by Gasteiger charge is 2.18. The molecule has 3 aromatic rings. The van der Waals surface area contributed by atoms with Gasteiger partial charge in [-0.3, -0.25) is 28.5 Å². The first kappa shape index (κ1) is 22.9. The molecule has 8 heteroatoms. The molecule has 4 rings (SSSR count). The van der Waals surface area contributed by atoms with Crippen LogP contribution in [-0.4, -0.2) is 64.1 Å². The van der Waals surface area contributed by atoms with Crippen molar-refractivity contribution < 1.29 is 4.79 Å². The van der Waals surface area contributed by atoms with E-state index < -0.39 is 5.69 Å². The highest BCUT2D eigenvalue weighted by Crippen LogP contribution is 2.09. The lowest BCUT2D eigenvalue weighted by Gasteiger charge is -2.34. The molecule has 0 radical (unpaired) electrons. The van der Waals surface area contributed by atoms with Gasteiger partial charge >= 0.3 is 5.69 Å². The second-order valence-corrected chi connectivity index (χ2v) is 8.39. The number of nitrogens with zero attached hydrogens (tertiary/aromatic N) is 4. The fourth-order valence-electron chi connectivity index (χ4n) is 4.37. The Morgan fingerprint density at radius 1 is 0.879 bits per heavy atom. The van der Waals surface area contributed by atoms with Gasteiger partial charge < -0.3 is 5.32 Å². The summed E-state index contributed by atoms with van der Waals surface area (Å²) in [5, 5.41) is 3.38. The number of amides is 1. The molecule has 2 heterocycles. The Morgan fingerprint density at radius 3 is 2.27 bits per heavy atom. The van der Waals surface area contributed by atoms with E-state index in [4.69, 9.17) is 0 Å². The third kappa shape index (κ3) is 5.40. The molecule has 8 nitrogen and oxygen atoms in total. The van der Waals surface area contributed by atoms with Crippen LogP contribution in [0.5, 0.6) is 0 Å². The van der Waals surface area contributed by atoms with E-state index in [0.29, 0.717) is 17.4 Å². The van der Waals surface area contributed by atoms with Crippen molar-refractivity contribution >= 4 is 16.8 Å². The summed E-state index contributed by atoms with van der Waals surface area (Å²) in [7, 11) is 0. The Kier molecular flexibility index (Phi) is 7.36. The van der Waals surface area contributed by atoms with Crippen LogP contribution in [0, 0.1) is 0 Å². The molecule has 33 heavy (non-hydrogen) atoms. The van der Waals surface area contributed by atoms with Crippen molar-refractivity contribution in [3.8, 4) is 0 Å². The Morgan fingerprint density at radius 2 is 1.55 bits per heavy atom. The number of fused-ring (bicyclic) bond motifs is 1. The van der Waals surface area contributed by atoms with Crippen LogP contribution < -0.4 is 16.6 Å². The molecule has 0 aliphatic carbocycles. The molecule has 1 aliphatic heterocycles. The summed E-state index contributed by atoms with van der Waals surface area (Å²) < 4.78 is 2.56. The molecule has 0 atom stereocenters. The molecular formula is C25H31N5O3. The molecule has 1 aliphatic rings. The fourth-order valence-corrected chi connectivity index (χ4v) is 4.37. The lowest BCUT2D eigenvalue weighted by molar-refractivity contribution is -0.121. The number of aromatic nitrogens is 2. The van der Waals surface area contributed by atoms with E-state index in [1.165, 1.54) is 14.7 Å². The molecule has 2 aromatic carbocycles. The number of hydrogen-bond acceptors (Lipinski definition) is 5. The van der Waals surface area contributed by atoms with Crippen LogP contribution in [0.1, 0.15) is 12.5 Å². The number of nitrogens with one attached hydrogen (secondary N) is 1. The quantitative estimate of drug-likeness (QED) is 0.558. The highest BCUT2D eigenvalue weighted by atomic mass is 16.2. The Bertz CT molecular complexity index is 1210. The van der Waals surface area contributed by atoms with Gasteiger partial charge in [0.1, 0.15) is 6.54 Å². The Balaban J connectivity index is 1.29. The van der Waals surface area contributed by atoms with Crippen LogP contribution in [0.3, 0.4) is 0 Å². The number of carbonyl (C=O) groups is 1. The van der Waals surface area contributed by atoms with Gasteiger partial charge in [0.15, 0.2) is 0 Å². The van der Waals surface area contributed by atoms with Gasteiger partial charge in [0.2, 0.25) is 5.91 Å². The van der Waals surface area contributed by atoms with E-state index in [2.05, 4.69) is 39.4 Å². The maximum absolute atomic E-state index is 12.8. The monoisotopic (exact) mass is 449 g/mol. The van der Waals surface area contributed by atoms with Crippen LogP contribution in [-0.2, 0) is 24.4 Å². The van der Waals surface area contributed by atoms with E-state index in [0.717, 1.165) is 39.3 Å². The molecule has 174 valence electrons. The van der Waals surface area contributed by atoms with Crippen molar-refractivity contribution in [3.63, 3.8) is 0 Å². The van der Waals surface area contributed by atoms with Crippen molar-refractivity contribution in [2.75, 3.05) is 39.3 Å². The summed E-state index contributed by atoms with van der Waals surface area (Å²) in [6.45, 7) is 8.11. The van der Waals surface area contributed by atoms with Crippen molar-refractivity contribution in [1.29, 1.82) is 0 Å². The summed E-state index contributed by atoms with van der Waals surface area (Å²) in [5.74, 6) is -0.230. The van der Waals surface area contributed by atoms with Gasteiger partial charge in [-0.15, -0.1) is 0 Å². The summed E-state index contributed by atoms with van der Waals surface area (Å²) in [6, 6.07) is 17.4. The Labute approximate surface area is 193 Å². The molecule has 1 fully saturated rings. The molecular weight excluding hydrogens is 418 g/mol. The molecule has 1 N–H and O–H groups in total. The highest BCUT2D eigenvalue weighted by molar-refractivity contribution is 5.81. The first-order valence-corrected chi connectivity index (χ1v) is 11.5. The number of hydrogen-bond donors (Lipinski definition) is 1. The van der Waals surface area contributed by atoms with Crippen molar-refractivity contribution in [1.82, 2.24) is 24.3 Å². The number of rotatable bonds is 8. The SMILES string of the molecule is CCn1c(=O)c2ccccc2n(CC(=O)NCCN2CCN(Cc3ccccc3)CC2)c1=O. The van der Waals surface area contributed by atoms with Gasteiger partial charge in [0, 0.05) is 52.4 Å². The summed E-state index contributed by atoms with van der Waals surface area (Å²) >= 11 is 0. The molecule has 0 spiro atoms. The van der Waals surface area contributed by atoms with Crippen LogP contribution in [0.25, 0.3) is 10.9 Å². The number of para-hydroxylation sites is 1. The van der Waals surface area contributed by atoms with Crippen LogP contribution in [0.2, 0.25) is 0 Å². The normalized spacial score (nSPS) is 15.1. The van der Waals surface area contributed by atoms with E-state index >= 15 is 0 Å². The standard InChI is InChI=1S/C25H31N5O3/c1-2-29-24(32)21-10-6-7-11-22(21)30(25(29)33)19-23(31)26-12-13-27-14-16-28(17-15-27)18-20-8-4-3-5-9-20/h3-11H,2,12-19H2,1H3,(H,26,31). The zero-order chi connectivity index (χ0) is 23.2. The van der Waals surface area contributed by atoms with Crippen molar-refractivity contribution in [3.05, 3.63) is 81.0 Å². The molecule has 0 unspecified atom stereocenters. The first-order valence-electron chi connectivity index (χ1n) is 11.5. The van der Waals surface area contributed by atoms with Gasteiger partial charge in [-0.1, -0.05) is 42.5 Å². The van der Waals surface area contributed by atoms with E-state index in [1.54, 1.807) is 31.2 Å². The summed E-state index contributed by atoms with van der Waals surface area (Å²) in [4.78, 5) is 42.7. The summed E-state index contributed by atoms with van der Waals surface area (Å²) in [6.07, 6.45) is 0. The minimum absolute atomic E-state index is 0.107. The van der Waals surface area contributed by atoms with Gasteiger partial charge in [-0.25, -0.2) is 4.79 Å². The maximum atomic E-state index is 12.8. The Hall–Kier alpha value is -3.23. The van der Waals surface area contributed by atoms with E-state index in [-0.39, 0.29) is 24.6 Å². The lowest BCUT2D eigenvalue weighted by atomic mass is 10.2. The third-order valence-corrected chi connectivity index (χ3v) is 6.21. The zero-order valence-electron chi connectivity index (χ0n) is 19.1. The number of piperazine rings is 1. The van der Waals surface area contributed by atoms with E-state index in [9.17, 15) is 14.4 Å². The average molecular weight is 450 g/mol. The molecule has 0 saturated carbocycles. The van der Waals surface area contributed by atoms with Crippen molar-refractivity contribution in [2.24, 2.45) is 0 Å². The average Bonchev–Trinajstić information content (AvgIpc) is 2.84. The van der Waals surface area contributed by atoms with Gasteiger partial charge in [-0.2, -0.15) is 0 Å². The second-order valence-electron chi connectivity index (χ2n) is 8.39. The van der Waals surface area contributed by atoms with E-state index in [1.807, 2.05) is 6.07 Å². The summed E-state index contributed by atoms with van der Waals surface area (Å²) in [5.41, 5.74) is 1.05. The van der Waals surface area contributed by atoms with Gasteiger partial charge in [0.25, 0.3) is 5.56 Å². The topological polar surface area (TPSA) is 79.6 Å². The van der Waals surface area contributed by atoms with Gasteiger partial charge in [-0.05, 0) is 24.6 Å². The second kappa shape index (κ2) is 10.6. The van der Waals surface area contributed by atoms with Gasteiger partial charge in [0.05, 0.1) is 10.9 Å². The number of benzene rings is 2. The molecule has 0 bridgehead atoms. The zero-order valence-corrected chi connectivity index (χ0v) is 19.1.